The average Bonchev–Trinajstić information content (AvgIpc) is 2.79. The van der Waals surface area contributed by atoms with E-state index < -0.39 is 11.9 Å². The molecule has 8 heteroatoms. The predicted octanol–water partition coefficient (Wildman–Crippen LogP) is 5.72. The van der Waals surface area contributed by atoms with E-state index >= 15 is 0 Å². The van der Waals surface area contributed by atoms with E-state index in [0.717, 1.165) is 37.3 Å². The number of aryl methyl sites for hydroxylation is 1. The number of anilines is 1. The maximum atomic E-state index is 13.3. The van der Waals surface area contributed by atoms with Gasteiger partial charge in [0.05, 0.1) is 12.6 Å². The molecule has 0 saturated heterocycles. The number of para-hydroxylation sites is 1. The highest BCUT2D eigenvalue weighted by atomic mass is 19.4. The Morgan fingerprint density at radius 3 is 2.39 bits per heavy atom. The molecular formula is C25H26F3N3O2. The van der Waals surface area contributed by atoms with Crippen LogP contribution >= 0.6 is 0 Å². The number of benzene rings is 2. The molecule has 1 aliphatic rings. The highest BCUT2D eigenvalue weighted by Gasteiger charge is 2.34. The maximum absolute atomic E-state index is 13.3. The molecule has 33 heavy (non-hydrogen) atoms. The van der Waals surface area contributed by atoms with Gasteiger partial charge in [0.2, 0.25) is 0 Å². The first-order valence-corrected chi connectivity index (χ1v) is 10.9. The van der Waals surface area contributed by atoms with Crippen molar-refractivity contribution in [2.24, 2.45) is 0 Å². The van der Waals surface area contributed by atoms with Gasteiger partial charge in [-0.25, -0.2) is 4.98 Å². The van der Waals surface area contributed by atoms with Crippen molar-refractivity contribution in [1.82, 2.24) is 10.3 Å². The van der Waals surface area contributed by atoms with Crippen LogP contribution in [0.3, 0.4) is 0 Å². The standard InChI is InChI=1S/C25H26F3N3O2/c1-15-13-18(33-2)11-12-19(15)24(32)30-17-9-7-16(8-10-17)29-22-14-23(25(26,27)28)31-21-6-4-3-5-20(21)22/h3-6,11-14,16-17H,7-10H2,1-2H3,(H,29,31)(H,30,32). The predicted molar refractivity (Wildman–Crippen MR) is 122 cm³/mol. The number of fused-ring (bicyclic) bond motifs is 1. The molecule has 3 aromatic rings. The largest absolute Gasteiger partial charge is 0.497 e. The van der Waals surface area contributed by atoms with Crippen LogP contribution in [0.1, 0.15) is 47.3 Å². The number of methoxy groups -OCH3 is 1. The Kier molecular flexibility index (Phi) is 6.44. The highest BCUT2D eigenvalue weighted by Crippen LogP contribution is 2.34. The Hall–Kier alpha value is -3.29. The molecule has 1 aromatic heterocycles. The van der Waals surface area contributed by atoms with Crippen LogP contribution in [0.25, 0.3) is 10.9 Å². The molecule has 2 N–H and O–H groups in total. The number of hydrogen-bond acceptors (Lipinski definition) is 4. The lowest BCUT2D eigenvalue weighted by atomic mass is 9.90. The van der Waals surface area contributed by atoms with Gasteiger partial charge in [0.1, 0.15) is 11.4 Å². The summed E-state index contributed by atoms with van der Waals surface area (Å²) in [6.45, 7) is 1.87. The molecule has 1 aliphatic carbocycles. The fraction of sp³-hybridized carbons (Fsp3) is 0.360. The van der Waals surface area contributed by atoms with Crippen LogP contribution in [0.15, 0.2) is 48.5 Å². The van der Waals surface area contributed by atoms with Gasteiger partial charge in [-0.15, -0.1) is 0 Å². The van der Waals surface area contributed by atoms with Crippen LogP contribution in [0.2, 0.25) is 0 Å². The summed E-state index contributed by atoms with van der Waals surface area (Å²) in [6, 6.07) is 13.3. The molecule has 0 spiro atoms. The van der Waals surface area contributed by atoms with E-state index in [1.165, 1.54) is 0 Å². The third-order valence-corrected chi connectivity index (χ3v) is 6.11. The fourth-order valence-corrected chi connectivity index (χ4v) is 4.32. The van der Waals surface area contributed by atoms with Crippen molar-refractivity contribution in [3.05, 3.63) is 65.4 Å². The van der Waals surface area contributed by atoms with Crippen molar-refractivity contribution in [1.29, 1.82) is 0 Å². The first-order chi connectivity index (χ1) is 15.7. The summed E-state index contributed by atoms with van der Waals surface area (Å²) in [4.78, 5) is 16.5. The molecule has 0 bridgehead atoms. The fourth-order valence-electron chi connectivity index (χ4n) is 4.32. The SMILES string of the molecule is COc1ccc(C(=O)NC2CCC(Nc3cc(C(F)(F)F)nc4ccccc34)CC2)c(C)c1. The lowest BCUT2D eigenvalue weighted by Gasteiger charge is -2.31. The second-order valence-electron chi connectivity index (χ2n) is 8.42. The molecule has 0 unspecified atom stereocenters. The summed E-state index contributed by atoms with van der Waals surface area (Å²) in [5, 5.41) is 7.05. The molecule has 1 fully saturated rings. The van der Waals surface area contributed by atoms with Gasteiger partial charge >= 0.3 is 6.18 Å². The number of hydrogen-bond donors (Lipinski definition) is 2. The number of halogens is 3. The Balaban J connectivity index is 1.41. The second-order valence-corrected chi connectivity index (χ2v) is 8.42. The van der Waals surface area contributed by atoms with Crippen LogP contribution in [-0.4, -0.2) is 30.1 Å². The van der Waals surface area contributed by atoms with Crippen LogP contribution < -0.4 is 15.4 Å². The Labute approximate surface area is 190 Å². The van der Waals surface area contributed by atoms with E-state index in [-0.39, 0.29) is 18.0 Å². The van der Waals surface area contributed by atoms with Crippen molar-refractivity contribution in [3.8, 4) is 5.75 Å². The summed E-state index contributed by atoms with van der Waals surface area (Å²) in [5.41, 5.74) is 1.30. The van der Waals surface area contributed by atoms with Crippen LogP contribution in [0.5, 0.6) is 5.75 Å². The first kappa shape index (κ1) is 22.9. The van der Waals surface area contributed by atoms with E-state index in [1.54, 1.807) is 43.5 Å². The van der Waals surface area contributed by atoms with E-state index in [1.807, 2.05) is 13.0 Å². The van der Waals surface area contributed by atoms with Crippen molar-refractivity contribution in [3.63, 3.8) is 0 Å². The highest BCUT2D eigenvalue weighted by molar-refractivity contribution is 5.96. The van der Waals surface area contributed by atoms with E-state index in [0.29, 0.717) is 27.9 Å². The molecule has 0 aliphatic heterocycles. The normalized spacial score (nSPS) is 18.7. The number of amides is 1. The Bertz CT molecular complexity index is 1160. The Morgan fingerprint density at radius 1 is 1.03 bits per heavy atom. The number of nitrogens with zero attached hydrogens (tertiary/aromatic N) is 1. The number of rotatable bonds is 5. The zero-order chi connectivity index (χ0) is 23.6. The van der Waals surface area contributed by atoms with Crippen LogP contribution in [0, 0.1) is 6.92 Å². The number of alkyl halides is 3. The second kappa shape index (κ2) is 9.29. The first-order valence-electron chi connectivity index (χ1n) is 10.9. The average molecular weight is 457 g/mol. The molecule has 0 atom stereocenters. The molecule has 1 amide bonds. The van der Waals surface area contributed by atoms with Crippen molar-refractivity contribution in [2.45, 2.75) is 50.9 Å². The van der Waals surface area contributed by atoms with Gasteiger partial charge in [0, 0.05) is 28.7 Å². The summed E-state index contributed by atoms with van der Waals surface area (Å²) in [7, 11) is 1.58. The third-order valence-electron chi connectivity index (χ3n) is 6.11. The lowest BCUT2D eigenvalue weighted by Crippen LogP contribution is -2.40. The van der Waals surface area contributed by atoms with Crippen LogP contribution in [0.4, 0.5) is 18.9 Å². The number of aromatic nitrogens is 1. The van der Waals surface area contributed by atoms with Gasteiger partial charge in [-0.3, -0.25) is 4.79 Å². The van der Waals surface area contributed by atoms with Gasteiger partial charge in [-0.2, -0.15) is 13.2 Å². The molecule has 1 saturated carbocycles. The Morgan fingerprint density at radius 2 is 1.73 bits per heavy atom. The van der Waals surface area contributed by atoms with Crippen molar-refractivity contribution < 1.29 is 22.7 Å². The number of carbonyl (C=O) groups is 1. The number of pyridine rings is 1. The van der Waals surface area contributed by atoms with Crippen LogP contribution in [-0.2, 0) is 6.18 Å². The molecule has 2 aromatic carbocycles. The zero-order valence-electron chi connectivity index (χ0n) is 18.5. The molecule has 1 heterocycles. The smallest absolute Gasteiger partial charge is 0.433 e. The minimum Gasteiger partial charge on any atom is -0.497 e. The molecule has 174 valence electrons. The minimum atomic E-state index is -4.51. The monoisotopic (exact) mass is 457 g/mol. The van der Waals surface area contributed by atoms with Gasteiger partial charge in [-0.1, -0.05) is 18.2 Å². The maximum Gasteiger partial charge on any atom is 0.433 e. The van der Waals surface area contributed by atoms with Gasteiger partial charge in [0.25, 0.3) is 5.91 Å². The summed E-state index contributed by atoms with van der Waals surface area (Å²) in [6.07, 6.45) is -1.54. The number of nitrogens with one attached hydrogen (secondary N) is 2. The summed E-state index contributed by atoms with van der Waals surface area (Å²) in [5.74, 6) is 0.578. The zero-order valence-corrected chi connectivity index (χ0v) is 18.5. The number of ether oxygens (including phenoxy) is 1. The van der Waals surface area contributed by atoms with E-state index in [2.05, 4.69) is 15.6 Å². The third kappa shape index (κ3) is 5.21. The molecule has 4 rings (SSSR count). The van der Waals surface area contributed by atoms with Crippen molar-refractivity contribution >= 4 is 22.5 Å². The van der Waals surface area contributed by atoms with E-state index in [4.69, 9.17) is 4.74 Å². The molecule has 5 nitrogen and oxygen atoms in total. The quantitative estimate of drug-likeness (QED) is 0.514. The minimum absolute atomic E-state index is 0.0211. The van der Waals surface area contributed by atoms with Gasteiger partial charge in [0.15, 0.2) is 0 Å². The lowest BCUT2D eigenvalue weighted by molar-refractivity contribution is -0.140. The summed E-state index contributed by atoms with van der Waals surface area (Å²) >= 11 is 0. The molecule has 0 radical (unpaired) electrons. The van der Waals surface area contributed by atoms with E-state index in [9.17, 15) is 18.0 Å². The molecular weight excluding hydrogens is 431 g/mol. The number of carbonyl (C=O) groups excluding carboxylic acids is 1. The topological polar surface area (TPSA) is 63.2 Å². The van der Waals surface area contributed by atoms with Gasteiger partial charge in [-0.05, 0) is 68.5 Å². The van der Waals surface area contributed by atoms with Gasteiger partial charge < -0.3 is 15.4 Å². The summed E-state index contributed by atoms with van der Waals surface area (Å²) < 4.78 is 45.1. The van der Waals surface area contributed by atoms with Crippen molar-refractivity contribution in [2.75, 3.05) is 12.4 Å².